The molecule has 0 unspecified atom stereocenters. The van der Waals surface area contributed by atoms with Crippen molar-refractivity contribution in [2.45, 2.75) is 13.8 Å². The number of aryl methyl sites for hydroxylation is 2. The summed E-state index contributed by atoms with van der Waals surface area (Å²) in [5.74, 6) is -0.0176. The molecule has 2 heteroatoms. The fourth-order valence-corrected chi connectivity index (χ4v) is 2.60. The van der Waals surface area contributed by atoms with Gasteiger partial charge in [-0.2, -0.15) is 0 Å². The second-order valence-electron chi connectivity index (χ2n) is 6.08. The summed E-state index contributed by atoms with van der Waals surface area (Å²) in [6.07, 6.45) is 3.25. The summed E-state index contributed by atoms with van der Waals surface area (Å²) in [5, 5.41) is 3.15. The van der Waals surface area contributed by atoms with Crippen LogP contribution in [0.1, 0.15) is 21.5 Å². The SMILES string of the molecule is Cc1ccc(N/C=C/C(=O)c2ccc(-c3ccccc3)cc2)cc1C. The van der Waals surface area contributed by atoms with Crippen LogP contribution in [-0.4, -0.2) is 5.78 Å². The molecule has 0 radical (unpaired) electrons. The summed E-state index contributed by atoms with van der Waals surface area (Å²) < 4.78 is 0. The number of carbonyl (C=O) groups is 1. The van der Waals surface area contributed by atoms with Crippen LogP contribution in [0.3, 0.4) is 0 Å². The van der Waals surface area contributed by atoms with E-state index in [1.807, 2.05) is 48.5 Å². The first kappa shape index (κ1) is 16.7. The highest BCUT2D eigenvalue weighted by Crippen LogP contribution is 2.19. The van der Waals surface area contributed by atoms with Gasteiger partial charge < -0.3 is 5.32 Å². The maximum absolute atomic E-state index is 12.3. The van der Waals surface area contributed by atoms with Gasteiger partial charge in [0.1, 0.15) is 0 Å². The number of rotatable bonds is 5. The average Bonchev–Trinajstić information content (AvgIpc) is 2.65. The van der Waals surface area contributed by atoms with E-state index in [9.17, 15) is 4.79 Å². The fraction of sp³-hybridized carbons (Fsp3) is 0.0870. The molecule has 3 aromatic carbocycles. The largest absolute Gasteiger partial charge is 0.362 e. The lowest BCUT2D eigenvalue weighted by atomic mass is 10.0. The van der Waals surface area contributed by atoms with Crippen molar-refractivity contribution in [3.8, 4) is 11.1 Å². The quantitative estimate of drug-likeness (QED) is 0.475. The van der Waals surface area contributed by atoms with E-state index in [-0.39, 0.29) is 5.78 Å². The van der Waals surface area contributed by atoms with Crippen molar-refractivity contribution >= 4 is 11.5 Å². The van der Waals surface area contributed by atoms with E-state index in [4.69, 9.17) is 0 Å². The number of hydrogen-bond donors (Lipinski definition) is 1. The number of benzene rings is 3. The molecule has 0 fully saturated rings. The maximum atomic E-state index is 12.3. The Kier molecular flexibility index (Phi) is 5.10. The van der Waals surface area contributed by atoms with Crippen LogP contribution in [0.15, 0.2) is 85.1 Å². The van der Waals surface area contributed by atoms with Crippen LogP contribution in [0, 0.1) is 13.8 Å². The summed E-state index contributed by atoms with van der Waals surface area (Å²) >= 11 is 0. The van der Waals surface area contributed by atoms with Gasteiger partial charge in [-0.3, -0.25) is 4.79 Å². The number of nitrogens with one attached hydrogen (secondary N) is 1. The molecule has 124 valence electrons. The number of allylic oxidation sites excluding steroid dienone is 1. The lowest BCUT2D eigenvalue weighted by Gasteiger charge is -2.05. The van der Waals surface area contributed by atoms with Crippen LogP contribution in [0.4, 0.5) is 5.69 Å². The molecule has 0 spiro atoms. The molecule has 0 bridgehead atoms. The van der Waals surface area contributed by atoms with Crippen LogP contribution in [0.25, 0.3) is 11.1 Å². The Balaban J connectivity index is 1.65. The summed E-state index contributed by atoms with van der Waals surface area (Å²) in [6.45, 7) is 4.15. The molecule has 0 saturated carbocycles. The molecule has 3 aromatic rings. The summed E-state index contributed by atoms with van der Waals surface area (Å²) in [4.78, 5) is 12.3. The van der Waals surface area contributed by atoms with E-state index in [0.29, 0.717) is 5.56 Å². The summed E-state index contributed by atoms with van der Waals surface area (Å²) in [5.41, 5.74) is 6.39. The highest BCUT2D eigenvalue weighted by Gasteiger charge is 2.03. The van der Waals surface area contributed by atoms with Crippen LogP contribution in [0.5, 0.6) is 0 Å². The van der Waals surface area contributed by atoms with E-state index in [0.717, 1.165) is 16.8 Å². The van der Waals surface area contributed by atoms with E-state index in [1.165, 1.54) is 11.1 Å². The molecule has 1 N–H and O–H groups in total. The first-order valence-electron chi connectivity index (χ1n) is 8.33. The molecular formula is C23H21NO. The van der Waals surface area contributed by atoms with Crippen molar-refractivity contribution in [1.29, 1.82) is 0 Å². The van der Waals surface area contributed by atoms with Gasteiger partial charge in [-0.15, -0.1) is 0 Å². The Labute approximate surface area is 148 Å². The Morgan fingerprint density at radius 2 is 1.48 bits per heavy atom. The zero-order chi connectivity index (χ0) is 17.6. The third-order valence-electron chi connectivity index (χ3n) is 4.27. The lowest BCUT2D eigenvalue weighted by Crippen LogP contribution is -1.96. The minimum atomic E-state index is -0.0176. The zero-order valence-corrected chi connectivity index (χ0v) is 14.5. The second kappa shape index (κ2) is 7.63. The standard InChI is InChI=1S/C23H21NO/c1-17-8-13-22(16-18(17)2)24-15-14-23(25)21-11-9-20(10-12-21)19-6-4-3-5-7-19/h3-16,24H,1-2H3/b15-14+. The van der Waals surface area contributed by atoms with Gasteiger partial charge in [0.25, 0.3) is 0 Å². The molecule has 2 nitrogen and oxygen atoms in total. The normalized spacial score (nSPS) is 10.8. The molecule has 0 saturated heterocycles. The number of ketones is 1. The highest BCUT2D eigenvalue weighted by molar-refractivity contribution is 6.04. The molecule has 0 heterocycles. The van der Waals surface area contributed by atoms with Gasteiger partial charge in [-0.05, 0) is 48.2 Å². The highest BCUT2D eigenvalue weighted by atomic mass is 16.1. The third-order valence-corrected chi connectivity index (χ3v) is 4.27. The summed E-state index contributed by atoms with van der Waals surface area (Å²) in [7, 11) is 0. The minimum absolute atomic E-state index is 0.0176. The Bertz CT molecular complexity index is 893. The molecule has 0 aliphatic rings. The van der Waals surface area contributed by atoms with E-state index in [2.05, 4.69) is 43.4 Å². The molecular weight excluding hydrogens is 306 g/mol. The predicted molar refractivity (Wildman–Crippen MR) is 105 cm³/mol. The molecule has 25 heavy (non-hydrogen) atoms. The van der Waals surface area contributed by atoms with Gasteiger partial charge in [0, 0.05) is 23.5 Å². The summed E-state index contributed by atoms with van der Waals surface area (Å²) in [6, 6.07) is 24.0. The van der Waals surface area contributed by atoms with Gasteiger partial charge in [0.15, 0.2) is 5.78 Å². The monoisotopic (exact) mass is 327 g/mol. The van der Waals surface area contributed by atoms with Gasteiger partial charge in [-0.1, -0.05) is 60.7 Å². The van der Waals surface area contributed by atoms with E-state index in [1.54, 1.807) is 12.3 Å². The fourth-order valence-electron chi connectivity index (χ4n) is 2.60. The van der Waals surface area contributed by atoms with E-state index < -0.39 is 0 Å². The Hall–Kier alpha value is -3.13. The van der Waals surface area contributed by atoms with Crippen molar-refractivity contribution in [2.24, 2.45) is 0 Å². The van der Waals surface area contributed by atoms with Gasteiger partial charge >= 0.3 is 0 Å². The molecule has 0 aliphatic heterocycles. The van der Waals surface area contributed by atoms with Crippen molar-refractivity contribution < 1.29 is 4.79 Å². The van der Waals surface area contributed by atoms with Crippen molar-refractivity contribution in [1.82, 2.24) is 0 Å². The molecule has 0 aliphatic carbocycles. The molecule has 0 aromatic heterocycles. The maximum Gasteiger partial charge on any atom is 0.187 e. The molecule has 3 rings (SSSR count). The van der Waals surface area contributed by atoms with E-state index >= 15 is 0 Å². The predicted octanol–water partition coefficient (Wildman–Crippen LogP) is 5.78. The smallest absolute Gasteiger partial charge is 0.187 e. The molecule has 0 atom stereocenters. The van der Waals surface area contributed by atoms with Gasteiger partial charge in [-0.25, -0.2) is 0 Å². The first-order chi connectivity index (χ1) is 12.1. The Morgan fingerprint density at radius 1 is 0.800 bits per heavy atom. The number of anilines is 1. The first-order valence-corrected chi connectivity index (χ1v) is 8.33. The molecule has 0 amide bonds. The second-order valence-corrected chi connectivity index (χ2v) is 6.08. The lowest BCUT2D eigenvalue weighted by molar-refractivity contribution is 0.104. The van der Waals surface area contributed by atoms with Crippen LogP contribution >= 0.6 is 0 Å². The van der Waals surface area contributed by atoms with Crippen molar-refractivity contribution in [3.63, 3.8) is 0 Å². The third kappa shape index (κ3) is 4.24. The topological polar surface area (TPSA) is 29.1 Å². The number of hydrogen-bond acceptors (Lipinski definition) is 2. The Morgan fingerprint density at radius 3 is 2.16 bits per heavy atom. The van der Waals surface area contributed by atoms with Crippen LogP contribution < -0.4 is 5.32 Å². The number of carbonyl (C=O) groups excluding carboxylic acids is 1. The van der Waals surface area contributed by atoms with Crippen molar-refractivity contribution in [2.75, 3.05) is 5.32 Å². The van der Waals surface area contributed by atoms with Gasteiger partial charge in [0.05, 0.1) is 0 Å². The van der Waals surface area contributed by atoms with Gasteiger partial charge in [0.2, 0.25) is 0 Å². The average molecular weight is 327 g/mol. The van der Waals surface area contributed by atoms with Crippen LogP contribution in [-0.2, 0) is 0 Å². The van der Waals surface area contributed by atoms with Crippen LogP contribution in [0.2, 0.25) is 0 Å². The minimum Gasteiger partial charge on any atom is -0.362 e. The zero-order valence-electron chi connectivity index (χ0n) is 14.5. The van der Waals surface area contributed by atoms with Crippen molar-refractivity contribution in [3.05, 3.63) is 102 Å².